The van der Waals surface area contributed by atoms with Crippen LogP contribution in [0.3, 0.4) is 0 Å². The van der Waals surface area contributed by atoms with Gasteiger partial charge in [0.15, 0.2) is 23.0 Å². The van der Waals surface area contributed by atoms with Crippen LogP contribution < -0.4 is 37.9 Å². The number of hydrogen-bond donors (Lipinski definition) is 0. The molecule has 0 atom stereocenters. The standard InChI is InChI=1S/C20H22O9/c1-21-15-7-13(9-17-19(15)28-11-26-17)24-5-3-23-4-6-25-14-8-16(22-2)20-18(10-14)27-12-29-20/h7-10H,3-6,11-12H2,1-2H3. The molecule has 0 radical (unpaired) electrons. The van der Waals surface area contributed by atoms with Crippen LogP contribution in [0.25, 0.3) is 0 Å². The molecule has 0 fully saturated rings. The van der Waals surface area contributed by atoms with Crippen molar-refractivity contribution < 1.29 is 42.6 Å². The highest BCUT2D eigenvalue weighted by Crippen LogP contribution is 2.44. The summed E-state index contributed by atoms with van der Waals surface area (Å²) in [7, 11) is 3.14. The second-order valence-electron chi connectivity index (χ2n) is 6.03. The molecule has 0 bridgehead atoms. The lowest BCUT2D eigenvalue weighted by Crippen LogP contribution is -2.12. The molecule has 0 saturated carbocycles. The summed E-state index contributed by atoms with van der Waals surface area (Å²) < 4.78 is 49.0. The maximum atomic E-state index is 5.69. The quantitative estimate of drug-likeness (QED) is 0.553. The van der Waals surface area contributed by atoms with E-state index in [9.17, 15) is 0 Å². The lowest BCUT2D eigenvalue weighted by Gasteiger charge is -2.11. The third kappa shape index (κ3) is 4.29. The van der Waals surface area contributed by atoms with Gasteiger partial charge in [0, 0.05) is 24.3 Å². The Labute approximate surface area is 167 Å². The first-order valence-corrected chi connectivity index (χ1v) is 9.07. The van der Waals surface area contributed by atoms with E-state index in [-0.39, 0.29) is 13.6 Å². The molecule has 0 unspecified atom stereocenters. The molecule has 0 N–H and O–H groups in total. The van der Waals surface area contributed by atoms with Crippen molar-refractivity contribution in [3.63, 3.8) is 0 Å². The van der Waals surface area contributed by atoms with E-state index in [1.54, 1.807) is 38.5 Å². The molecule has 9 heteroatoms. The summed E-state index contributed by atoms with van der Waals surface area (Å²) in [6.07, 6.45) is 0. The van der Waals surface area contributed by atoms with E-state index in [4.69, 9.17) is 42.6 Å². The number of fused-ring (bicyclic) bond motifs is 2. The minimum absolute atomic E-state index is 0.174. The van der Waals surface area contributed by atoms with Crippen molar-refractivity contribution in [3.05, 3.63) is 24.3 Å². The van der Waals surface area contributed by atoms with E-state index in [2.05, 4.69) is 0 Å². The zero-order chi connectivity index (χ0) is 20.1. The Hall–Kier alpha value is -3.20. The van der Waals surface area contributed by atoms with Gasteiger partial charge in [-0.2, -0.15) is 0 Å². The van der Waals surface area contributed by atoms with Gasteiger partial charge < -0.3 is 42.6 Å². The highest BCUT2D eigenvalue weighted by Gasteiger charge is 2.21. The molecule has 0 amide bonds. The van der Waals surface area contributed by atoms with Crippen molar-refractivity contribution in [1.29, 1.82) is 0 Å². The van der Waals surface area contributed by atoms with Crippen molar-refractivity contribution in [3.8, 4) is 46.0 Å². The summed E-state index contributed by atoms with van der Waals surface area (Å²) in [4.78, 5) is 0. The Morgan fingerprint density at radius 1 is 0.655 bits per heavy atom. The topological polar surface area (TPSA) is 83.1 Å². The molecule has 2 heterocycles. The fourth-order valence-corrected chi connectivity index (χ4v) is 2.92. The van der Waals surface area contributed by atoms with Gasteiger partial charge in [-0.25, -0.2) is 0 Å². The minimum Gasteiger partial charge on any atom is -0.493 e. The van der Waals surface area contributed by atoms with E-state index < -0.39 is 0 Å². The smallest absolute Gasteiger partial charge is 0.231 e. The van der Waals surface area contributed by atoms with Gasteiger partial charge in [0.2, 0.25) is 25.1 Å². The summed E-state index contributed by atoms with van der Waals surface area (Å²) in [5.74, 6) is 4.78. The summed E-state index contributed by atoms with van der Waals surface area (Å²) >= 11 is 0. The maximum absolute atomic E-state index is 5.69. The number of ether oxygens (including phenoxy) is 9. The highest BCUT2D eigenvalue weighted by atomic mass is 16.7. The molecule has 2 aliphatic rings. The number of benzene rings is 2. The van der Waals surface area contributed by atoms with Crippen LogP contribution in [0.5, 0.6) is 46.0 Å². The molecule has 0 aliphatic carbocycles. The van der Waals surface area contributed by atoms with Gasteiger partial charge in [-0.3, -0.25) is 0 Å². The van der Waals surface area contributed by atoms with Crippen LogP contribution in [0.4, 0.5) is 0 Å². The van der Waals surface area contributed by atoms with Crippen LogP contribution in [0.1, 0.15) is 0 Å². The van der Waals surface area contributed by atoms with E-state index >= 15 is 0 Å². The summed E-state index contributed by atoms with van der Waals surface area (Å²) in [6.45, 7) is 1.91. The Balaban J connectivity index is 1.18. The van der Waals surface area contributed by atoms with Crippen LogP contribution in [-0.2, 0) is 4.74 Å². The first-order valence-electron chi connectivity index (χ1n) is 9.07. The monoisotopic (exact) mass is 406 g/mol. The minimum atomic E-state index is 0.174. The molecule has 0 spiro atoms. The van der Waals surface area contributed by atoms with Crippen molar-refractivity contribution in [2.75, 3.05) is 54.2 Å². The number of hydrogen-bond acceptors (Lipinski definition) is 9. The molecule has 0 aromatic heterocycles. The van der Waals surface area contributed by atoms with E-state index in [1.807, 2.05) is 0 Å². The van der Waals surface area contributed by atoms with Crippen molar-refractivity contribution in [2.24, 2.45) is 0 Å². The molecule has 156 valence electrons. The van der Waals surface area contributed by atoms with Crippen LogP contribution in [0, 0.1) is 0 Å². The largest absolute Gasteiger partial charge is 0.493 e. The van der Waals surface area contributed by atoms with Gasteiger partial charge in [0.1, 0.15) is 24.7 Å². The van der Waals surface area contributed by atoms with Crippen LogP contribution in [0.15, 0.2) is 24.3 Å². The second kappa shape index (κ2) is 8.87. The van der Waals surface area contributed by atoms with Crippen LogP contribution >= 0.6 is 0 Å². The predicted octanol–water partition coefficient (Wildman–Crippen LogP) is 2.64. The molecule has 2 aromatic carbocycles. The average molecular weight is 406 g/mol. The van der Waals surface area contributed by atoms with Crippen LogP contribution in [0.2, 0.25) is 0 Å². The van der Waals surface area contributed by atoms with Gasteiger partial charge in [-0.05, 0) is 0 Å². The first kappa shape index (κ1) is 19.1. The summed E-state index contributed by atoms with van der Waals surface area (Å²) in [5.41, 5.74) is 0. The van der Waals surface area contributed by atoms with Crippen molar-refractivity contribution >= 4 is 0 Å². The van der Waals surface area contributed by atoms with Gasteiger partial charge in [-0.1, -0.05) is 0 Å². The normalized spacial score (nSPS) is 13.3. The van der Waals surface area contributed by atoms with Crippen LogP contribution in [-0.4, -0.2) is 54.2 Å². The Morgan fingerprint density at radius 2 is 1.14 bits per heavy atom. The fourth-order valence-electron chi connectivity index (χ4n) is 2.92. The lowest BCUT2D eigenvalue weighted by atomic mass is 10.3. The number of rotatable bonds is 10. The molecular weight excluding hydrogens is 384 g/mol. The third-order valence-electron chi connectivity index (χ3n) is 4.26. The summed E-state index contributed by atoms with van der Waals surface area (Å²) in [5, 5.41) is 0. The molecule has 2 aromatic rings. The Morgan fingerprint density at radius 3 is 1.59 bits per heavy atom. The molecule has 29 heavy (non-hydrogen) atoms. The zero-order valence-electron chi connectivity index (χ0n) is 16.2. The van der Waals surface area contributed by atoms with Crippen molar-refractivity contribution in [1.82, 2.24) is 0 Å². The van der Waals surface area contributed by atoms with Gasteiger partial charge in [-0.15, -0.1) is 0 Å². The summed E-state index contributed by atoms with van der Waals surface area (Å²) in [6, 6.07) is 7.04. The Kier molecular flexibility index (Phi) is 5.85. The predicted molar refractivity (Wildman–Crippen MR) is 100 cm³/mol. The van der Waals surface area contributed by atoms with Gasteiger partial charge in [0.25, 0.3) is 0 Å². The van der Waals surface area contributed by atoms with Gasteiger partial charge in [0.05, 0.1) is 27.4 Å². The first-order chi connectivity index (χ1) is 14.3. The second-order valence-corrected chi connectivity index (χ2v) is 6.03. The van der Waals surface area contributed by atoms with Gasteiger partial charge >= 0.3 is 0 Å². The third-order valence-corrected chi connectivity index (χ3v) is 4.26. The van der Waals surface area contributed by atoms with E-state index in [0.29, 0.717) is 72.4 Å². The molecule has 0 saturated heterocycles. The molecule has 2 aliphatic heterocycles. The number of methoxy groups -OCH3 is 2. The SMILES string of the molecule is COc1cc(OCCOCCOc2cc(OC)c3c(c2)OCO3)cc2c1OCO2. The Bertz CT molecular complexity index is 783. The average Bonchev–Trinajstić information content (AvgIpc) is 3.41. The zero-order valence-corrected chi connectivity index (χ0v) is 16.2. The van der Waals surface area contributed by atoms with Crippen molar-refractivity contribution in [2.45, 2.75) is 0 Å². The molecule has 9 nitrogen and oxygen atoms in total. The van der Waals surface area contributed by atoms with E-state index in [0.717, 1.165) is 0 Å². The molecular formula is C20H22O9. The maximum Gasteiger partial charge on any atom is 0.231 e. The van der Waals surface area contributed by atoms with E-state index in [1.165, 1.54) is 0 Å². The molecule has 4 rings (SSSR count). The fraction of sp³-hybridized carbons (Fsp3) is 0.400. The highest BCUT2D eigenvalue weighted by molar-refractivity contribution is 5.57. The lowest BCUT2D eigenvalue weighted by molar-refractivity contribution is 0.0762.